The molecule has 5 rings (SSSR count). The Labute approximate surface area is 202 Å². The molecule has 4 aromatic rings. The normalized spacial score (nSPS) is 15.1. The number of nitrogens with one attached hydrogen (secondary N) is 1. The van der Waals surface area contributed by atoms with E-state index in [-0.39, 0.29) is 28.9 Å². The van der Waals surface area contributed by atoms with Gasteiger partial charge in [-0.1, -0.05) is 16.5 Å². The largest absolute Gasteiger partial charge is 0.359 e. The monoisotopic (exact) mass is 520 g/mol. The van der Waals surface area contributed by atoms with Crippen molar-refractivity contribution in [1.29, 1.82) is 0 Å². The molecule has 0 unspecified atom stereocenters. The van der Waals surface area contributed by atoms with Crippen molar-refractivity contribution < 1.29 is 17.3 Å². The Kier molecular flexibility index (Phi) is 5.68. The lowest BCUT2D eigenvalue weighted by Crippen LogP contribution is -2.41. The molecule has 35 heavy (non-hydrogen) atoms. The molecule has 3 aromatic heterocycles. The highest BCUT2D eigenvalue weighted by atomic mass is 32.2. The van der Waals surface area contributed by atoms with Crippen LogP contribution >= 0.6 is 11.3 Å². The Morgan fingerprint density at radius 2 is 1.91 bits per heavy atom. The van der Waals surface area contributed by atoms with Crippen molar-refractivity contribution in [2.24, 2.45) is 0 Å². The zero-order valence-corrected chi connectivity index (χ0v) is 20.4. The summed E-state index contributed by atoms with van der Waals surface area (Å²) < 4.78 is 49.1. The third-order valence-electron chi connectivity index (χ3n) is 5.82. The average molecular weight is 521 g/mol. The second-order valence-electron chi connectivity index (χ2n) is 8.61. The number of aryl methyl sites for hydroxylation is 2. The molecule has 184 valence electrons. The van der Waals surface area contributed by atoms with Crippen LogP contribution < -0.4 is 16.0 Å². The summed E-state index contributed by atoms with van der Waals surface area (Å²) in [5.74, 6) is 0.295. The fraction of sp³-hybridized carbons (Fsp3) is 0.381. The second kappa shape index (κ2) is 8.46. The maximum absolute atomic E-state index is 13.4. The highest BCUT2D eigenvalue weighted by molar-refractivity contribution is 7.89. The number of sulfonamides is 1. The summed E-state index contributed by atoms with van der Waals surface area (Å²) in [6.45, 7) is 2.52. The molecule has 0 atom stereocenters. The Bertz CT molecular complexity index is 1670. The second-order valence-corrected chi connectivity index (χ2v) is 11.6. The van der Waals surface area contributed by atoms with Gasteiger partial charge in [-0.3, -0.25) is 13.9 Å². The molecule has 1 aliphatic rings. The summed E-state index contributed by atoms with van der Waals surface area (Å²) in [6, 6.07) is 5.51. The molecular weight excluding hydrogens is 499 g/mol. The van der Waals surface area contributed by atoms with Crippen LogP contribution in [0.2, 0.25) is 0 Å². The Morgan fingerprint density at radius 1 is 1.14 bits per heavy atom. The molecule has 11 nitrogen and oxygen atoms in total. The number of alkyl halides is 1. The molecule has 14 heteroatoms. The van der Waals surface area contributed by atoms with E-state index in [9.17, 15) is 22.4 Å². The van der Waals surface area contributed by atoms with E-state index < -0.39 is 33.5 Å². The summed E-state index contributed by atoms with van der Waals surface area (Å²) in [4.78, 5) is 26.6. The lowest BCUT2D eigenvalue weighted by molar-refractivity contribution is 0.368. The van der Waals surface area contributed by atoms with Crippen LogP contribution in [0.3, 0.4) is 0 Å². The summed E-state index contributed by atoms with van der Waals surface area (Å²) in [6.07, 6.45) is 0.807. The maximum atomic E-state index is 13.4. The molecule has 3 heterocycles. The number of hydrogen-bond donors (Lipinski definition) is 1. The fourth-order valence-corrected chi connectivity index (χ4v) is 5.97. The van der Waals surface area contributed by atoms with E-state index in [2.05, 4.69) is 20.1 Å². The molecule has 1 saturated carbocycles. The molecule has 0 saturated heterocycles. The van der Waals surface area contributed by atoms with Crippen LogP contribution in [-0.4, -0.2) is 45.1 Å². The molecule has 1 N–H and O–H groups in total. The predicted molar refractivity (Wildman–Crippen MR) is 125 cm³/mol. The number of fused-ring (bicyclic) bond motifs is 1. The van der Waals surface area contributed by atoms with E-state index in [1.807, 2.05) is 0 Å². The van der Waals surface area contributed by atoms with Gasteiger partial charge in [0, 0.05) is 6.07 Å². The Hall–Kier alpha value is -3.23. The number of halogens is 1. The van der Waals surface area contributed by atoms with E-state index in [0.29, 0.717) is 34.3 Å². The summed E-state index contributed by atoms with van der Waals surface area (Å²) >= 11 is 1.30. The summed E-state index contributed by atoms with van der Waals surface area (Å²) in [5, 5.41) is 13.1. The summed E-state index contributed by atoms with van der Waals surface area (Å²) in [5.41, 5.74) is -1.57. The van der Waals surface area contributed by atoms with Crippen LogP contribution in [-0.2, 0) is 23.1 Å². The standard InChI is InChI=1S/C21H21FN6O5S2/c1-12-7-14(33-25-12)9-28-19(29)16-8-15(35(31,32)26-21(11-22)5-6-21)3-4-17(16)27(20(28)30)10-18-24-23-13(2)34-18/h3-4,7-8,26H,5-6,9-11H2,1-2H3. The molecule has 0 aliphatic heterocycles. The topological polar surface area (TPSA) is 142 Å². The number of aromatic nitrogens is 5. The van der Waals surface area contributed by atoms with Crippen LogP contribution in [0.4, 0.5) is 4.39 Å². The van der Waals surface area contributed by atoms with Crippen molar-refractivity contribution in [3.63, 3.8) is 0 Å². The number of nitrogens with zero attached hydrogens (tertiary/aromatic N) is 5. The van der Waals surface area contributed by atoms with E-state index in [1.165, 1.54) is 34.1 Å². The molecule has 0 amide bonds. The zero-order chi connectivity index (χ0) is 25.0. The smallest absolute Gasteiger partial charge is 0.332 e. The van der Waals surface area contributed by atoms with Crippen LogP contribution in [0.15, 0.2) is 43.3 Å². The van der Waals surface area contributed by atoms with Gasteiger partial charge in [0.2, 0.25) is 10.0 Å². The van der Waals surface area contributed by atoms with Crippen LogP contribution in [0.25, 0.3) is 10.9 Å². The van der Waals surface area contributed by atoms with Crippen molar-refractivity contribution in [2.45, 2.75) is 50.2 Å². The van der Waals surface area contributed by atoms with Crippen molar-refractivity contribution in [1.82, 2.24) is 29.2 Å². The number of rotatable bonds is 8. The van der Waals surface area contributed by atoms with Gasteiger partial charge in [0.15, 0.2) is 5.76 Å². The summed E-state index contributed by atoms with van der Waals surface area (Å²) in [7, 11) is -4.10. The lowest BCUT2D eigenvalue weighted by Gasteiger charge is -2.16. The minimum absolute atomic E-state index is 0.00930. The number of hydrogen-bond acceptors (Lipinski definition) is 9. The molecule has 1 aliphatic carbocycles. The quantitative estimate of drug-likeness (QED) is 0.368. The van der Waals surface area contributed by atoms with Gasteiger partial charge < -0.3 is 4.52 Å². The van der Waals surface area contributed by atoms with Gasteiger partial charge in [-0.2, -0.15) is 0 Å². The highest BCUT2D eigenvalue weighted by Gasteiger charge is 2.46. The Morgan fingerprint density at radius 3 is 2.51 bits per heavy atom. The first kappa shape index (κ1) is 23.5. The first-order valence-electron chi connectivity index (χ1n) is 10.7. The Balaban J connectivity index is 1.68. The first-order valence-corrected chi connectivity index (χ1v) is 13.0. The minimum atomic E-state index is -4.10. The molecule has 0 radical (unpaired) electrons. The van der Waals surface area contributed by atoms with Gasteiger partial charge in [-0.05, 0) is 44.9 Å². The SMILES string of the molecule is Cc1cc(Cn2c(=O)c3cc(S(=O)(=O)NC4(CF)CC4)ccc3n(Cc3nnc(C)s3)c2=O)on1. The van der Waals surface area contributed by atoms with Crippen LogP contribution in [0.1, 0.15) is 34.3 Å². The third-order valence-corrected chi connectivity index (χ3v) is 8.22. The van der Waals surface area contributed by atoms with Gasteiger partial charge in [-0.25, -0.2) is 22.3 Å². The van der Waals surface area contributed by atoms with Crippen molar-refractivity contribution >= 4 is 32.3 Å². The van der Waals surface area contributed by atoms with Crippen molar-refractivity contribution in [3.05, 3.63) is 66.6 Å². The van der Waals surface area contributed by atoms with Gasteiger partial charge >= 0.3 is 5.69 Å². The first-order chi connectivity index (χ1) is 16.6. The molecular formula is C21H21FN6O5S2. The number of benzene rings is 1. The minimum Gasteiger partial charge on any atom is -0.359 e. The van der Waals surface area contributed by atoms with Gasteiger partial charge in [0.05, 0.1) is 40.1 Å². The molecule has 1 fully saturated rings. The van der Waals surface area contributed by atoms with Crippen LogP contribution in [0.5, 0.6) is 0 Å². The van der Waals surface area contributed by atoms with Crippen molar-refractivity contribution in [3.8, 4) is 0 Å². The maximum Gasteiger partial charge on any atom is 0.332 e. The zero-order valence-electron chi connectivity index (χ0n) is 18.8. The highest BCUT2D eigenvalue weighted by Crippen LogP contribution is 2.37. The predicted octanol–water partition coefficient (Wildman–Crippen LogP) is 1.50. The van der Waals surface area contributed by atoms with Crippen LogP contribution in [0, 0.1) is 13.8 Å². The van der Waals surface area contributed by atoms with Gasteiger partial charge in [0.1, 0.15) is 16.7 Å². The van der Waals surface area contributed by atoms with Gasteiger partial charge in [0.25, 0.3) is 5.56 Å². The average Bonchev–Trinajstić information content (AvgIpc) is 3.26. The van der Waals surface area contributed by atoms with E-state index in [0.717, 1.165) is 4.57 Å². The van der Waals surface area contributed by atoms with E-state index >= 15 is 0 Å². The molecule has 0 bridgehead atoms. The van der Waals surface area contributed by atoms with Crippen molar-refractivity contribution in [2.75, 3.05) is 6.67 Å². The molecule has 0 spiro atoms. The molecule has 1 aromatic carbocycles. The third kappa shape index (κ3) is 4.44. The fourth-order valence-electron chi connectivity index (χ4n) is 3.80. The lowest BCUT2D eigenvalue weighted by atomic mass is 10.2. The van der Waals surface area contributed by atoms with E-state index in [4.69, 9.17) is 4.52 Å². The van der Waals surface area contributed by atoms with E-state index in [1.54, 1.807) is 19.9 Å². The van der Waals surface area contributed by atoms with Gasteiger partial charge in [-0.15, -0.1) is 10.2 Å².